The molecule has 0 radical (unpaired) electrons. The van der Waals surface area contributed by atoms with Crippen molar-refractivity contribution in [3.63, 3.8) is 0 Å². The molecule has 25 heavy (non-hydrogen) atoms. The second-order valence-electron chi connectivity index (χ2n) is 5.21. The van der Waals surface area contributed by atoms with Crippen molar-refractivity contribution in [2.45, 2.75) is 6.42 Å². The van der Waals surface area contributed by atoms with E-state index in [0.717, 1.165) is 10.1 Å². The first-order valence-corrected chi connectivity index (χ1v) is 7.34. The van der Waals surface area contributed by atoms with E-state index in [1.54, 1.807) is 24.3 Å². The van der Waals surface area contributed by atoms with Crippen LogP contribution in [0.25, 0.3) is 5.69 Å². The summed E-state index contributed by atoms with van der Waals surface area (Å²) >= 11 is 0. The van der Waals surface area contributed by atoms with Gasteiger partial charge in [0.1, 0.15) is 5.75 Å². The third-order valence-corrected chi connectivity index (χ3v) is 3.71. The van der Waals surface area contributed by atoms with Crippen molar-refractivity contribution < 1.29 is 61.2 Å². The number of rotatable bonds is 4. The maximum Gasteiger partial charge on any atom is 1.00 e. The van der Waals surface area contributed by atoms with Gasteiger partial charge in [0.15, 0.2) is 0 Å². The molecule has 0 spiro atoms. The summed E-state index contributed by atoms with van der Waals surface area (Å²) in [5.41, 5.74) is -0.319. The van der Waals surface area contributed by atoms with E-state index in [9.17, 15) is 14.7 Å². The van der Waals surface area contributed by atoms with E-state index in [1.807, 2.05) is 30.3 Å². The van der Waals surface area contributed by atoms with Crippen LogP contribution in [-0.2, 0) is 6.42 Å². The van der Waals surface area contributed by atoms with Gasteiger partial charge < -0.3 is 14.8 Å². The molecule has 0 saturated carbocycles. The first kappa shape index (κ1) is 19.7. The smallest absolute Gasteiger partial charge is 0.860 e. The van der Waals surface area contributed by atoms with E-state index in [-0.39, 0.29) is 63.4 Å². The number of para-hydroxylation sites is 2. The molecule has 2 aromatic carbocycles. The molecule has 0 fully saturated rings. The molecule has 0 aliphatic carbocycles. The van der Waals surface area contributed by atoms with Crippen LogP contribution in [0, 0.1) is 0 Å². The van der Waals surface area contributed by atoms with E-state index in [4.69, 9.17) is 4.74 Å². The molecule has 0 aliphatic heterocycles. The van der Waals surface area contributed by atoms with Crippen molar-refractivity contribution in [3.05, 3.63) is 86.6 Å². The summed E-state index contributed by atoms with van der Waals surface area (Å²) in [4.78, 5) is 27.2. The number of benzene rings is 2. The first-order valence-electron chi connectivity index (χ1n) is 7.34. The Hall–Kier alpha value is -1.64. The Morgan fingerprint density at radius 3 is 2.36 bits per heavy atom. The summed E-state index contributed by atoms with van der Waals surface area (Å²) < 4.78 is 6.14. The molecule has 0 amide bonds. The standard InChI is InChI=1S/C18H16N2O4.K/c1-24-15-10-6-5-9-14(15)20-17(22)13(16(21)19-18(20)23)11-12-7-3-2-4-8-12;/h2-10,21H,11H2,1H3,(H,19,23);/q;+1/p-1. The number of nitrogens with one attached hydrogen (secondary N) is 1. The van der Waals surface area contributed by atoms with Crippen LogP contribution in [0.1, 0.15) is 11.1 Å². The van der Waals surface area contributed by atoms with Crippen LogP contribution in [0.2, 0.25) is 0 Å². The number of methoxy groups -OCH3 is 1. The van der Waals surface area contributed by atoms with Gasteiger partial charge in [-0.1, -0.05) is 42.5 Å². The minimum atomic E-state index is -0.786. The van der Waals surface area contributed by atoms with Gasteiger partial charge >= 0.3 is 57.1 Å². The van der Waals surface area contributed by atoms with Gasteiger partial charge in [0.2, 0.25) is 0 Å². The second kappa shape index (κ2) is 8.64. The van der Waals surface area contributed by atoms with Gasteiger partial charge in [-0.05, 0) is 23.6 Å². The molecule has 0 bridgehead atoms. The van der Waals surface area contributed by atoms with Crippen molar-refractivity contribution in [3.8, 4) is 17.3 Å². The molecule has 6 nitrogen and oxygen atoms in total. The summed E-state index contributed by atoms with van der Waals surface area (Å²) in [6, 6.07) is 15.8. The van der Waals surface area contributed by atoms with Gasteiger partial charge in [-0.3, -0.25) is 4.79 Å². The molecule has 0 saturated heterocycles. The van der Waals surface area contributed by atoms with Crippen LogP contribution in [0.15, 0.2) is 64.2 Å². The third kappa shape index (κ3) is 4.13. The first-order chi connectivity index (χ1) is 11.6. The SMILES string of the molecule is COc1ccccc1-n1c(=O)[nH]c([O-])c(Cc2ccccc2)c1=O.[K+]. The Bertz CT molecular complexity index is 980. The average molecular weight is 362 g/mol. The predicted molar refractivity (Wildman–Crippen MR) is 87.9 cm³/mol. The minimum Gasteiger partial charge on any atom is -0.860 e. The Morgan fingerprint density at radius 1 is 1.04 bits per heavy atom. The largest absolute Gasteiger partial charge is 1.00 e. The zero-order valence-corrected chi connectivity index (χ0v) is 17.1. The topological polar surface area (TPSA) is 87.2 Å². The molecule has 1 aromatic heterocycles. The Kier molecular flexibility index (Phi) is 6.80. The van der Waals surface area contributed by atoms with Gasteiger partial charge in [-0.25, -0.2) is 9.36 Å². The number of aromatic nitrogens is 2. The van der Waals surface area contributed by atoms with Crippen LogP contribution in [-0.4, -0.2) is 16.7 Å². The zero-order valence-electron chi connectivity index (χ0n) is 14.0. The number of aromatic amines is 1. The van der Waals surface area contributed by atoms with Crippen LogP contribution < -0.4 is 72.5 Å². The summed E-state index contributed by atoms with van der Waals surface area (Å²) in [7, 11) is 1.45. The molecular formula is C18H15KN2O4. The second-order valence-corrected chi connectivity index (χ2v) is 5.21. The third-order valence-electron chi connectivity index (χ3n) is 3.71. The van der Waals surface area contributed by atoms with Crippen molar-refractivity contribution in [1.29, 1.82) is 0 Å². The number of nitrogens with zero attached hydrogens (tertiary/aromatic N) is 1. The molecule has 0 aliphatic rings. The summed E-state index contributed by atoms with van der Waals surface area (Å²) in [5.74, 6) is -0.297. The fraction of sp³-hybridized carbons (Fsp3) is 0.111. The molecule has 1 heterocycles. The molecule has 0 atom stereocenters. The molecular weight excluding hydrogens is 347 g/mol. The number of hydrogen-bond acceptors (Lipinski definition) is 4. The fourth-order valence-electron chi connectivity index (χ4n) is 2.54. The molecule has 3 aromatic rings. The summed E-state index contributed by atoms with van der Waals surface area (Å²) in [5, 5.41) is 12.1. The van der Waals surface area contributed by atoms with E-state index >= 15 is 0 Å². The quantitative estimate of drug-likeness (QED) is 0.555. The van der Waals surface area contributed by atoms with E-state index < -0.39 is 17.1 Å². The monoisotopic (exact) mass is 362 g/mol. The molecule has 0 unspecified atom stereocenters. The molecule has 122 valence electrons. The van der Waals surface area contributed by atoms with Gasteiger partial charge in [0.25, 0.3) is 5.56 Å². The van der Waals surface area contributed by atoms with Gasteiger partial charge in [-0.2, -0.15) is 0 Å². The predicted octanol–water partition coefficient (Wildman–Crippen LogP) is -1.80. The number of hydrogen-bond donors (Lipinski definition) is 1. The summed E-state index contributed by atoms with van der Waals surface area (Å²) in [6.45, 7) is 0. The normalized spacial score (nSPS) is 10.1. The van der Waals surface area contributed by atoms with Crippen LogP contribution in [0.3, 0.4) is 0 Å². The minimum absolute atomic E-state index is 0. The summed E-state index contributed by atoms with van der Waals surface area (Å²) in [6.07, 6.45) is 0.143. The molecule has 1 N–H and O–H groups in total. The van der Waals surface area contributed by atoms with E-state index in [1.165, 1.54) is 7.11 Å². The van der Waals surface area contributed by atoms with Gasteiger partial charge in [-0.15, -0.1) is 0 Å². The van der Waals surface area contributed by atoms with E-state index in [0.29, 0.717) is 11.4 Å². The number of ether oxygens (including phenoxy) is 1. The zero-order chi connectivity index (χ0) is 17.1. The maximum absolute atomic E-state index is 12.8. The van der Waals surface area contributed by atoms with Gasteiger partial charge in [0.05, 0.1) is 12.8 Å². The molecule has 3 rings (SSSR count). The van der Waals surface area contributed by atoms with E-state index in [2.05, 4.69) is 4.98 Å². The fourth-order valence-corrected chi connectivity index (χ4v) is 2.54. The van der Waals surface area contributed by atoms with Crippen LogP contribution in [0.5, 0.6) is 11.6 Å². The van der Waals surface area contributed by atoms with Crippen molar-refractivity contribution >= 4 is 0 Å². The average Bonchev–Trinajstić information content (AvgIpc) is 2.60. The van der Waals surface area contributed by atoms with Gasteiger partial charge in [0, 0.05) is 12.0 Å². The molecule has 7 heteroatoms. The van der Waals surface area contributed by atoms with Crippen LogP contribution >= 0.6 is 0 Å². The Labute approximate surface area is 186 Å². The Morgan fingerprint density at radius 2 is 1.68 bits per heavy atom. The van der Waals surface area contributed by atoms with Crippen molar-refractivity contribution in [2.75, 3.05) is 7.11 Å². The van der Waals surface area contributed by atoms with Crippen LogP contribution in [0.4, 0.5) is 0 Å². The Balaban J connectivity index is 0.00000225. The van der Waals surface area contributed by atoms with Crippen molar-refractivity contribution in [2.24, 2.45) is 0 Å². The maximum atomic E-state index is 12.8. The number of H-pyrrole nitrogens is 1. The van der Waals surface area contributed by atoms with Crippen molar-refractivity contribution in [1.82, 2.24) is 9.55 Å².